The minimum atomic E-state index is -0.200. The van der Waals surface area contributed by atoms with Gasteiger partial charge in [0.25, 0.3) is 0 Å². The van der Waals surface area contributed by atoms with E-state index in [1.54, 1.807) is 6.07 Å². The second-order valence-electron chi connectivity index (χ2n) is 7.59. The highest BCUT2D eigenvalue weighted by molar-refractivity contribution is 5.44. The summed E-state index contributed by atoms with van der Waals surface area (Å²) >= 11 is 0. The highest BCUT2D eigenvalue weighted by Crippen LogP contribution is 2.31. The van der Waals surface area contributed by atoms with Crippen LogP contribution >= 0.6 is 0 Å². The summed E-state index contributed by atoms with van der Waals surface area (Å²) in [6, 6.07) is 13.5. The average molecular weight is 334 g/mol. The lowest BCUT2D eigenvalue weighted by Gasteiger charge is -2.26. The highest BCUT2D eigenvalue weighted by atomic mass is 19.1. The van der Waals surface area contributed by atoms with Gasteiger partial charge in [0.15, 0.2) is 0 Å². The second-order valence-corrected chi connectivity index (χ2v) is 7.59. The third-order valence-corrected chi connectivity index (χ3v) is 5.40. The Bertz CT molecular complexity index is 753. The van der Waals surface area contributed by atoms with Crippen LogP contribution in [-0.4, -0.2) is 0 Å². The van der Waals surface area contributed by atoms with E-state index >= 15 is 0 Å². The molecular formula is C24H27F. The van der Waals surface area contributed by atoms with Gasteiger partial charge in [0.2, 0.25) is 0 Å². The highest BCUT2D eigenvalue weighted by Gasteiger charge is 2.17. The average Bonchev–Trinajstić information content (AvgIpc) is 2.62. The van der Waals surface area contributed by atoms with E-state index in [9.17, 15) is 4.39 Å². The first kappa shape index (κ1) is 17.7. The third kappa shape index (κ3) is 5.20. The van der Waals surface area contributed by atoms with Crippen LogP contribution in [0.4, 0.5) is 4.39 Å². The smallest absolute Gasteiger partial charge is 0.139 e. The number of hydrogen-bond donors (Lipinski definition) is 0. The molecule has 0 bridgehead atoms. The third-order valence-electron chi connectivity index (χ3n) is 5.40. The minimum Gasteiger partial charge on any atom is -0.206 e. The van der Waals surface area contributed by atoms with Gasteiger partial charge in [-0.2, -0.15) is 0 Å². The lowest BCUT2D eigenvalue weighted by Crippen LogP contribution is -2.12. The molecule has 1 heteroatoms. The largest absolute Gasteiger partial charge is 0.206 e. The molecule has 0 N–H and O–H groups in total. The Balaban J connectivity index is 1.60. The van der Waals surface area contributed by atoms with Gasteiger partial charge >= 0.3 is 0 Å². The summed E-state index contributed by atoms with van der Waals surface area (Å²) in [5.41, 5.74) is 3.70. The van der Waals surface area contributed by atoms with Gasteiger partial charge in [-0.1, -0.05) is 68.2 Å². The maximum atomic E-state index is 14.3. The van der Waals surface area contributed by atoms with Crippen LogP contribution in [0.3, 0.4) is 0 Å². The van der Waals surface area contributed by atoms with E-state index in [4.69, 9.17) is 0 Å². The zero-order valence-corrected chi connectivity index (χ0v) is 15.3. The van der Waals surface area contributed by atoms with Crippen LogP contribution in [-0.2, 0) is 6.42 Å². The Morgan fingerprint density at radius 2 is 1.68 bits per heavy atom. The molecule has 1 fully saturated rings. The maximum absolute atomic E-state index is 14.3. The molecule has 0 aromatic heterocycles. The molecule has 3 rings (SSSR count). The van der Waals surface area contributed by atoms with Crippen molar-refractivity contribution >= 4 is 0 Å². The molecule has 1 aliphatic rings. The van der Waals surface area contributed by atoms with Crippen molar-refractivity contribution in [2.24, 2.45) is 11.8 Å². The Morgan fingerprint density at radius 1 is 0.960 bits per heavy atom. The maximum Gasteiger partial charge on any atom is 0.139 e. The molecule has 130 valence electrons. The van der Waals surface area contributed by atoms with Gasteiger partial charge in [-0.05, 0) is 61.4 Å². The number of hydrogen-bond acceptors (Lipinski definition) is 0. The Morgan fingerprint density at radius 3 is 2.36 bits per heavy atom. The van der Waals surface area contributed by atoms with Gasteiger partial charge in [-0.3, -0.25) is 0 Å². The Kier molecular flexibility index (Phi) is 5.92. The van der Waals surface area contributed by atoms with Crippen molar-refractivity contribution in [1.29, 1.82) is 0 Å². The van der Waals surface area contributed by atoms with Crippen LogP contribution < -0.4 is 0 Å². The summed E-state index contributed by atoms with van der Waals surface area (Å²) < 4.78 is 14.3. The Hall–Kier alpha value is -2.07. The lowest BCUT2D eigenvalue weighted by atomic mass is 9.80. The topological polar surface area (TPSA) is 0 Å². The molecular weight excluding hydrogens is 307 g/mol. The first-order chi connectivity index (χ1) is 12.1. The van der Waals surface area contributed by atoms with Gasteiger partial charge in [-0.15, -0.1) is 0 Å². The number of halogens is 1. The Labute approximate surface area is 151 Å². The molecule has 0 spiro atoms. The van der Waals surface area contributed by atoms with E-state index in [1.165, 1.54) is 37.7 Å². The first-order valence-corrected chi connectivity index (χ1v) is 9.47. The van der Waals surface area contributed by atoms with E-state index < -0.39 is 0 Å². The fourth-order valence-corrected chi connectivity index (χ4v) is 3.58. The van der Waals surface area contributed by atoms with Crippen LogP contribution in [0.5, 0.6) is 0 Å². The monoisotopic (exact) mass is 334 g/mol. The molecule has 0 atom stereocenters. The van der Waals surface area contributed by atoms with Gasteiger partial charge in [0.1, 0.15) is 5.82 Å². The van der Waals surface area contributed by atoms with Crippen molar-refractivity contribution in [3.8, 4) is 11.8 Å². The number of rotatable bonds is 3. The van der Waals surface area contributed by atoms with E-state index in [1.807, 2.05) is 43.3 Å². The van der Waals surface area contributed by atoms with Crippen molar-refractivity contribution in [2.75, 3.05) is 0 Å². The van der Waals surface area contributed by atoms with Crippen LogP contribution in [0.15, 0.2) is 42.5 Å². The molecule has 0 amide bonds. The van der Waals surface area contributed by atoms with Crippen LogP contribution in [0, 0.1) is 36.4 Å². The number of aryl methyl sites for hydroxylation is 2. The second kappa shape index (κ2) is 8.34. The van der Waals surface area contributed by atoms with E-state index in [-0.39, 0.29) is 5.82 Å². The number of benzene rings is 2. The van der Waals surface area contributed by atoms with Crippen molar-refractivity contribution in [1.82, 2.24) is 0 Å². The van der Waals surface area contributed by atoms with Crippen molar-refractivity contribution in [3.63, 3.8) is 0 Å². The molecule has 1 saturated carbocycles. The first-order valence-electron chi connectivity index (χ1n) is 9.47. The molecule has 0 aliphatic heterocycles. The predicted molar refractivity (Wildman–Crippen MR) is 103 cm³/mol. The summed E-state index contributed by atoms with van der Waals surface area (Å²) in [6.07, 6.45) is 7.54. The predicted octanol–water partition coefficient (Wildman–Crippen LogP) is 6.29. The van der Waals surface area contributed by atoms with Crippen molar-refractivity contribution in [3.05, 3.63) is 70.5 Å². The summed E-state index contributed by atoms with van der Waals surface area (Å²) in [5.74, 6) is 7.52. The summed E-state index contributed by atoms with van der Waals surface area (Å²) in [5, 5.41) is 0. The van der Waals surface area contributed by atoms with Gasteiger partial charge in [-0.25, -0.2) is 4.39 Å². The SMILES string of the molecule is Cc1ccc(C#Cc2ccc(CCC3CCC(C)CC3)cc2F)cc1. The molecule has 2 aromatic rings. The summed E-state index contributed by atoms with van der Waals surface area (Å²) in [6.45, 7) is 4.39. The quantitative estimate of drug-likeness (QED) is 0.578. The molecule has 0 radical (unpaired) electrons. The fraction of sp³-hybridized carbons (Fsp3) is 0.417. The van der Waals surface area contributed by atoms with Crippen LogP contribution in [0.25, 0.3) is 0 Å². The molecule has 0 saturated heterocycles. The van der Waals surface area contributed by atoms with Gasteiger partial charge in [0.05, 0.1) is 5.56 Å². The van der Waals surface area contributed by atoms with E-state index in [0.717, 1.165) is 29.4 Å². The van der Waals surface area contributed by atoms with Crippen LogP contribution in [0.1, 0.15) is 61.3 Å². The van der Waals surface area contributed by atoms with E-state index in [2.05, 4.69) is 18.8 Å². The van der Waals surface area contributed by atoms with Crippen molar-refractivity contribution < 1.29 is 4.39 Å². The summed E-state index contributed by atoms with van der Waals surface area (Å²) in [4.78, 5) is 0. The molecule has 0 unspecified atom stereocenters. The summed E-state index contributed by atoms with van der Waals surface area (Å²) in [7, 11) is 0. The lowest BCUT2D eigenvalue weighted by molar-refractivity contribution is 0.277. The van der Waals surface area contributed by atoms with E-state index in [0.29, 0.717) is 5.56 Å². The standard InChI is InChI=1S/C24H27F/c1-18-3-7-20(8-4-18)11-12-22-14-16-23(24(25)17-22)15-13-21-9-5-19(2)6-10-21/h5-6,9-10,14,16-18,20H,3-4,7-8,11-12H2,1-2H3. The molecule has 2 aromatic carbocycles. The molecule has 0 heterocycles. The molecule has 25 heavy (non-hydrogen) atoms. The fourth-order valence-electron chi connectivity index (χ4n) is 3.58. The van der Waals surface area contributed by atoms with Gasteiger partial charge < -0.3 is 0 Å². The zero-order valence-electron chi connectivity index (χ0n) is 15.3. The molecule has 0 nitrogen and oxygen atoms in total. The van der Waals surface area contributed by atoms with Gasteiger partial charge in [0, 0.05) is 5.56 Å². The van der Waals surface area contributed by atoms with Crippen molar-refractivity contribution in [2.45, 2.75) is 52.4 Å². The normalized spacial score (nSPS) is 20.0. The minimum absolute atomic E-state index is 0.200. The zero-order chi connectivity index (χ0) is 17.6. The van der Waals surface area contributed by atoms with Crippen LogP contribution in [0.2, 0.25) is 0 Å². The molecule has 1 aliphatic carbocycles.